The van der Waals surface area contributed by atoms with Crippen LogP contribution in [0.4, 0.5) is 5.95 Å². The molecule has 0 saturated carbocycles. The fourth-order valence-electron chi connectivity index (χ4n) is 4.54. The van der Waals surface area contributed by atoms with Gasteiger partial charge in [-0.05, 0) is 67.7 Å². The van der Waals surface area contributed by atoms with E-state index in [2.05, 4.69) is 30.4 Å². The van der Waals surface area contributed by atoms with E-state index in [-0.39, 0.29) is 12.3 Å². The van der Waals surface area contributed by atoms with E-state index in [1.54, 1.807) is 24.7 Å². The number of hydrogen-bond acceptors (Lipinski definition) is 8. The number of aromatic amines is 1. The van der Waals surface area contributed by atoms with Crippen LogP contribution in [0.5, 0.6) is 11.6 Å². The lowest BCUT2D eigenvalue weighted by Gasteiger charge is -2.31. The zero-order valence-electron chi connectivity index (χ0n) is 21.0. The van der Waals surface area contributed by atoms with Crippen molar-refractivity contribution in [3.05, 3.63) is 76.3 Å². The molecule has 1 aromatic carbocycles. The predicted octanol–water partition coefficient (Wildman–Crippen LogP) is 5.66. The first-order chi connectivity index (χ1) is 18.9. The van der Waals surface area contributed by atoms with Crippen molar-refractivity contribution in [2.24, 2.45) is 5.92 Å². The first kappa shape index (κ1) is 26.9. The maximum Gasteiger partial charge on any atom is 0.303 e. The van der Waals surface area contributed by atoms with Crippen LogP contribution in [0.1, 0.15) is 30.5 Å². The summed E-state index contributed by atoms with van der Waals surface area (Å²) < 4.78 is 6.07. The normalized spacial score (nSPS) is 14.3. The van der Waals surface area contributed by atoms with Crippen molar-refractivity contribution in [2.45, 2.75) is 32.4 Å². The van der Waals surface area contributed by atoms with Crippen LogP contribution in [-0.4, -0.2) is 54.2 Å². The molecule has 0 amide bonds. The van der Waals surface area contributed by atoms with Gasteiger partial charge in [-0.25, -0.2) is 15.0 Å². The molecule has 3 aromatic heterocycles. The van der Waals surface area contributed by atoms with Crippen LogP contribution in [0.25, 0.3) is 11.3 Å². The van der Waals surface area contributed by atoms with E-state index >= 15 is 0 Å². The van der Waals surface area contributed by atoms with Crippen LogP contribution in [0, 0.1) is 5.92 Å². The van der Waals surface area contributed by atoms with Crippen molar-refractivity contribution in [1.82, 2.24) is 30.0 Å². The average Bonchev–Trinajstić information content (AvgIpc) is 3.42. The number of piperidine rings is 1. The molecule has 4 aromatic rings. The molecule has 1 aliphatic rings. The number of carbonyl (C=O) groups is 1. The topological polar surface area (TPSA) is 129 Å². The Kier molecular flexibility index (Phi) is 8.55. The second-order valence-corrected chi connectivity index (χ2v) is 10.3. The predicted molar refractivity (Wildman–Crippen MR) is 148 cm³/mol. The number of carboxylic acid groups (broad SMARTS) is 1. The minimum atomic E-state index is -0.736. The first-order valence-electron chi connectivity index (χ1n) is 12.5. The number of H-pyrrole nitrogens is 1. The fraction of sp³-hybridized carbons (Fsp3) is 0.296. The minimum absolute atomic E-state index is 0.219. The number of aliphatic carboxylic acids is 1. The molecule has 0 spiro atoms. The smallest absolute Gasteiger partial charge is 0.303 e. The molecule has 0 radical (unpaired) electrons. The summed E-state index contributed by atoms with van der Waals surface area (Å²) in [6, 6.07) is 11.1. The van der Waals surface area contributed by atoms with E-state index in [1.165, 1.54) is 0 Å². The van der Waals surface area contributed by atoms with Crippen molar-refractivity contribution in [1.29, 1.82) is 0 Å². The van der Waals surface area contributed by atoms with Gasteiger partial charge in [-0.1, -0.05) is 23.2 Å². The lowest BCUT2D eigenvalue weighted by molar-refractivity contribution is -0.138. The van der Waals surface area contributed by atoms with Gasteiger partial charge in [-0.15, -0.1) is 0 Å². The lowest BCUT2D eigenvalue weighted by atomic mass is 9.93. The number of carboxylic acids is 1. The van der Waals surface area contributed by atoms with E-state index in [0.29, 0.717) is 46.4 Å². The van der Waals surface area contributed by atoms with Gasteiger partial charge in [0.2, 0.25) is 11.8 Å². The molecule has 0 atom stereocenters. The van der Waals surface area contributed by atoms with E-state index in [1.807, 2.05) is 30.3 Å². The van der Waals surface area contributed by atoms with Crippen LogP contribution in [0.3, 0.4) is 0 Å². The third kappa shape index (κ3) is 7.66. The first-order valence-corrected chi connectivity index (χ1v) is 13.3. The fourth-order valence-corrected chi connectivity index (χ4v) is 5.07. The minimum Gasteiger partial charge on any atom is -0.481 e. The molecular formula is C27H27Cl2N7O3. The molecule has 3 N–H and O–H groups in total. The Bertz CT molecular complexity index is 1390. The van der Waals surface area contributed by atoms with Gasteiger partial charge in [0, 0.05) is 40.8 Å². The van der Waals surface area contributed by atoms with Crippen LogP contribution >= 0.6 is 23.2 Å². The molecule has 0 bridgehead atoms. The summed E-state index contributed by atoms with van der Waals surface area (Å²) in [5.41, 5.74) is 3.36. The summed E-state index contributed by atoms with van der Waals surface area (Å²) in [6.45, 7) is 2.85. The number of nitrogens with one attached hydrogen (secondary N) is 2. The Hall–Kier alpha value is -3.73. The molecule has 0 aliphatic carbocycles. The van der Waals surface area contributed by atoms with E-state index in [4.69, 9.17) is 38.0 Å². The standard InChI is InChI=1S/C27H27Cl2N7O3/c28-20-10-19(11-21(29)12-20)24-7-18(16-36-5-2-17(3-6-36)9-26(37)38)8-25(34-24)39-23-14-31-27(32-15-23)30-13-22-1-4-33-35-22/h1,4,7-8,10-12,14-15,17H,2-3,5-6,9,13,16H2,(H,33,35)(H,37,38)(H,30,31,32). The summed E-state index contributed by atoms with van der Waals surface area (Å²) in [5.74, 6) is 0.771. The summed E-state index contributed by atoms with van der Waals surface area (Å²) in [6.07, 6.45) is 6.79. The zero-order chi connectivity index (χ0) is 27.2. The Labute approximate surface area is 235 Å². The summed E-state index contributed by atoms with van der Waals surface area (Å²) in [5, 5.41) is 20.1. The lowest BCUT2D eigenvalue weighted by Crippen LogP contribution is -2.33. The monoisotopic (exact) mass is 567 g/mol. The van der Waals surface area contributed by atoms with Gasteiger partial charge in [-0.3, -0.25) is 14.8 Å². The number of halogens is 2. The van der Waals surface area contributed by atoms with E-state index < -0.39 is 5.97 Å². The SMILES string of the molecule is O=C(O)CC1CCN(Cc2cc(Oc3cnc(NCc4ccn[nH]4)nc3)nc(-c3cc(Cl)cc(Cl)c3)c2)CC1. The van der Waals surface area contributed by atoms with Gasteiger partial charge in [0.25, 0.3) is 0 Å². The van der Waals surface area contributed by atoms with Gasteiger partial charge >= 0.3 is 5.97 Å². The number of anilines is 1. The molecule has 4 heterocycles. The Morgan fingerprint density at radius 3 is 2.51 bits per heavy atom. The third-order valence-corrected chi connectivity index (χ3v) is 6.88. The van der Waals surface area contributed by atoms with Gasteiger partial charge < -0.3 is 15.2 Å². The molecule has 1 fully saturated rings. The van der Waals surface area contributed by atoms with Gasteiger partial charge in [-0.2, -0.15) is 5.10 Å². The second-order valence-electron chi connectivity index (χ2n) is 9.45. The third-order valence-electron chi connectivity index (χ3n) is 6.44. The number of hydrogen-bond donors (Lipinski definition) is 3. The van der Waals surface area contributed by atoms with Crippen LogP contribution in [-0.2, 0) is 17.9 Å². The number of likely N-dealkylation sites (tertiary alicyclic amines) is 1. The van der Waals surface area contributed by atoms with E-state index in [0.717, 1.165) is 42.8 Å². The summed E-state index contributed by atoms with van der Waals surface area (Å²) in [7, 11) is 0. The molecule has 5 rings (SSSR count). The molecular weight excluding hydrogens is 541 g/mol. The zero-order valence-corrected chi connectivity index (χ0v) is 22.5. The Morgan fingerprint density at radius 2 is 1.85 bits per heavy atom. The maximum absolute atomic E-state index is 11.1. The molecule has 10 nitrogen and oxygen atoms in total. The summed E-state index contributed by atoms with van der Waals surface area (Å²) in [4.78, 5) is 26.8. The van der Waals surface area contributed by atoms with Crippen LogP contribution < -0.4 is 10.1 Å². The number of pyridine rings is 1. The molecule has 39 heavy (non-hydrogen) atoms. The van der Waals surface area contributed by atoms with Crippen molar-refractivity contribution in [3.63, 3.8) is 0 Å². The highest BCUT2D eigenvalue weighted by Crippen LogP contribution is 2.31. The average molecular weight is 568 g/mol. The van der Waals surface area contributed by atoms with Crippen LogP contribution in [0.2, 0.25) is 10.0 Å². The number of ether oxygens (including phenoxy) is 1. The summed E-state index contributed by atoms with van der Waals surface area (Å²) >= 11 is 12.5. The number of aromatic nitrogens is 5. The van der Waals surface area contributed by atoms with Crippen molar-refractivity contribution >= 4 is 35.1 Å². The highest BCUT2D eigenvalue weighted by molar-refractivity contribution is 6.35. The molecule has 12 heteroatoms. The molecule has 1 aliphatic heterocycles. The van der Waals surface area contributed by atoms with Gasteiger partial charge in [0.15, 0.2) is 5.75 Å². The quantitative estimate of drug-likeness (QED) is 0.222. The maximum atomic E-state index is 11.1. The van der Waals surface area contributed by atoms with Gasteiger partial charge in [0.05, 0.1) is 30.3 Å². The molecule has 1 saturated heterocycles. The Balaban J connectivity index is 1.33. The number of benzene rings is 1. The van der Waals surface area contributed by atoms with E-state index in [9.17, 15) is 4.79 Å². The number of rotatable bonds is 10. The number of nitrogens with zero attached hydrogens (tertiary/aromatic N) is 5. The van der Waals surface area contributed by atoms with Gasteiger partial charge in [0.1, 0.15) is 0 Å². The molecule has 202 valence electrons. The molecule has 0 unspecified atom stereocenters. The second kappa shape index (κ2) is 12.4. The highest BCUT2D eigenvalue weighted by atomic mass is 35.5. The van der Waals surface area contributed by atoms with Crippen molar-refractivity contribution in [3.8, 4) is 22.9 Å². The van der Waals surface area contributed by atoms with Crippen LogP contribution in [0.15, 0.2) is 55.0 Å². The van der Waals surface area contributed by atoms with Crippen molar-refractivity contribution < 1.29 is 14.6 Å². The van der Waals surface area contributed by atoms with Crippen molar-refractivity contribution in [2.75, 3.05) is 18.4 Å². The highest BCUT2D eigenvalue weighted by Gasteiger charge is 2.22. The Morgan fingerprint density at radius 1 is 1.10 bits per heavy atom. The largest absolute Gasteiger partial charge is 0.481 e.